The summed E-state index contributed by atoms with van der Waals surface area (Å²) in [7, 11) is 1.42. The van der Waals surface area contributed by atoms with Crippen molar-refractivity contribution < 1.29 is 9.53 Å². The van der Waals surface area contributed by atoms with Crippen molar-refractivity contribution in [1.82, 2.24) is 25.5 Å². The van der Waals surface area contributed by atoms with Gasteiger partial charge in [-0.2, -0.15) is 5.21 Å². The summed E-state index contributed by atoms with van der Waals surface area (Å²) in [6, 6.07) is 0. The number of nitrogens with zero attached hydrogens (tertiary/aromatic N) is 4. The molecule has 1 aromatic rings. The predicted octanol–water partition coefficient (Wildman–Crippen LogP) is 0.242. The molecule has 7 nitrogen and oxygen atoms in total. The molecule has 0 amide bonds. The highest BCUT2D eigenvalue weighted by molar-refractivity contribution is 5.69. The van der Waals surface area contributed by atoms with Crippen LogP contribution in [-0.2, 0) is 9.53 Å². The second-order valence-electron chi connectivity index (χ2n) is 4.21. The number of aromatic amines is 1. The molecule has 98 valence electrons. The van der Waals surface area contributed by atoms with E-state index in [0.717, 1.165) is 38.0 Å². The Bertz CT molecular complexity index is 415. The fourth-order valence-corrected chi connectivity index (χ4v) is 2.01. The van der Waals surface area contributed by atoms with Crippen molar-refractivity contribution >= 4 is 11.5 Å². The Morgan fingerprint density at radius 1 is 1.61 bits per heavy atom. The fourth-order valence-electron chi connectivity index (χ4n) is 2.01. The molecule has 0 aliphatic carbocycles. The van der Waals surface area contributed by atoms with E-state index in [1.807, 2.05) is 0 Å². The summed E-state index contributed by atoms with van der Waals surface area (Å²) in [6.45, 7) is 2.69. The van der Waals surface area contributed by atoms with Gasteiger partial charge in [0.25, 0.3) is 0 Å². The van der Waals surface area contributed by atoms with Crippen LogP contribution in [0.25, 0.3) is 5.57 Å². The first-order chi connectivity index (χ1) is 8.79. The molecule has 1 aliphatic rings. The number of hydrogen-bond acceptors (Lipinski definition) is 6. The van der Waals surface area contributed by atoms with Gasteiger partial charge < -0.3 is 4.74 Å². The van der Waals surface area contributed by atoms with Crippen molar-refractivity contribution in [1.29, 1.82) is 0 Å². The van der Waals surface area contributed by atoms with E-state index in [9.17, 15) is 4.79 Å². The zero-order valence-corrected chi connectivity index (χ0v) is 10.4. The predicted molar refractivity (Wildman–Crippen MR) is 64.5 cm³/mol. The summed E-state index contributed by atoms with van der Waals surface area (Å²) in [6.07, 6.45) is 4.39. The lowest BCUT2D eigenvalue weighted by molar-refractivity contribution is -0.140. The van der Waals surface area contributed by atoms with E-state index >= 15 is 0 Å². The minimum absolute atomic E-state index is 0.152. The summed E-state index contributed by atoms with van der Waals surface area (Å²) in [5.41, 5.74) is 1.09. The molecule has 0 atom stereocenters. The molecule has 0 fully saturated rings. The van der Waals surface area contributed by atoms with E-state index in [0.29, 0.717) is 12.2 Å². The van der Waals surface area contributed by atoms with Crippen molar-refractivity contribution in [2.75, 3.05) is 26.7 Å². The summed E-state index contributed by atoms with van der Waals surface area (Å²) >= 11 is 0. The zero-order chi connectivity index (χ0) is 12.8. The molecule has 1 aliphatic heterocycles. The fraction of sp³-hybridized carbons (Fsp3) is 0.636. The third-order valence-electron chi connectivity index (χ3n) is 2.95. The molecule has 0 aromatic carbocycles. The standard InChI is InChI=1S/C11H17N5O2/c1-18-10(17)5-3-7-16-6-2-4-9(8-16)11-12-14-15-13-11/h4H,2-3,5-8H2,1H3,(H,12,13,14,15). The Kier molecular flexibility index (Phi) is 4.40. The molecule has 7 heteroatoms. The molecule has 0 saturated heterocycles. The van der Waals surface area contributed by atoms with Crippen molar-refractivity contribution in [3.63, 3.8) is 0 Å². The van der Waals surface area contributed by atoms with Crippen LogP contribution in [0.3, 0.4) is 0 Å². The third kappa shape index (κ3) is 3.36. The number of rotatable bonds is 5. The number of hydrogen-bond donors (Lipinski definition) is 1. The molecule has 0 radical (unpaired) electrons. The van der Waals surface area contributed by atoms with Gasteiger partial charge in [-0.25, -0.2) is 0 Å². The van der Waals surface area contributed by atoms with E-state index in [4.69, 9.17) is 0 Å². The van der Waals surface area contributed by atoms with Crippen LogP contribution in [0.4, 0.5) is 0 Å². The smallest absolute Gasteiger partial charge is 0.305 e. The lowest BCUT2D eigenvalue weighted by atomic mass is 10.1. The van der Waals surface area contributed by atoms with Gasteiger partial charge in [-0.15, -0.1) is 10.2 Å². The molecule has 0 unspecified atom stereocenters. The first-order valence-electron chi connectivity index (χ1n) is 6.01. The minimum Gasteiger partial charge on any atom is -0.469 e. The number of methoxy groups -OCH3 is 1. The van der Waals surface area contributed by atoms with Gasteiger partial charge in [0.15, 0.2) is 0 Å². The van der Waals surface area contributed by atoms with Gasteiger partial charge in [0.05, 0.1) is 7.11 Å². The summed E-state index contributed by atoms with van der Waals surface area (Å²) in [4.78, 5) is 13.3. The lowest BCUT2D eigenvalue weighted by Gasteiger charge is -2.25. The van der Waals surface area contributed by atoms with Crippen LogP contribution in [0.1, 0.15) is 25.1 Å². The number of carbonyl (C=O) groups is 1. The number of H-pyrrole nitrogens is 1. The lowest BCUT2D eigenvalue weighted by Crippen LogP contribution is -2.31. The van der Waals surface area contributed by atoms with Gasteiger partial charge in [0.1, 0.15) is 0 Å². The molecule has 1 aromatic heterocycles. The Hall–Kier alpha value is -1.76. The van der Waals surface area contributed by atoms with Crippen LogP contribution in [0, 0.1) is 0 Å². The van der Waals surface area contributed by atoms with Gasteiger partial charge in [0.2, 0.25) is 5.82 Å². The molecule has 2 heterocycles. The number of aromatic nitrogens is 4. The van der Waals surface area contributed by atoms with Gasteiger partial charge in [-0.05, 0) is 24.6 Å². The first-order valence-corrected chi connectivity index (χ1v) is 6.01. The van der Waals surface area contributed by atoms with Crippen molar-refractivity contribution in [3.8, 4) is 0 Å². The second-order valence-corrected chi connectivity index (χ2v) is 4.21. The minimum atomic E-state index is -0.152. The Balaban J connectivity index is 1.79. The number of ether oxygens (including phenoxy) is 1. The van der Waals surface area contributed by atoms with Crippen molar-refractivity contribution in [2.24, 2.45) is 0 Å². The van der Waals surface area contributed by atoms with E-state index in [2.05, 4.69) is 36.3 Å². The molecule has 0 spiro atoms. The Morgan fingerprint density at radius 3 is 3.22 bits per heavy atom. The number of carbonyl (C=O) groups excluding carboxylic acids is 1. The van der Waals surface area contributed by atoms with Crippen LogP contribution in [0.15, 0.2) is 6.08 Å². The summed E-state index contributed by atoms with van der Waals surface area (Å²) in [5.74, 6) is 0.508. The summed E-state index contributed by atoms with van der Waals surface area (Å²) < 4.78 is 4.62. The molecule has 0 bridgehead atoms. The Labute approximate surface area is 105 Å². The molecular weight excluding hydrogens is 234 g/mol. The monoisotopic (exact) mass is 251 g/mol. The van der Waals surface area contributed by atoms with E-state index < -0.39 is 0 Å². The summed E-state index contributed by atoms with van der Waals surface area (Å²) in [5, 5.41) is 14.0. The van der Waals surface area contributed by atoms with E-state index in [1.54, 1.807) is 0 Å². The van der Waals surface area contributed by atoms with Crippen LogP contribution in [-0.4, -0.2) is 58.2 Å². The van der Waals surface area contributed by atoms with Gasteiger partial charge >= 0.3 is 5.97 Å². The van der Waals surface area contributed by atoms with Crippen LogP contribution < -0.4 is 0 Å². The maximum atomic E-state index is 11.0. The quantitative estimate of drug-likeness (QED) is 0.755. The van der Waals surface area contributed by atoms with Gasteiger partial charge in [-0.1, -0.05) is 6.08 Å². The average Bonchev–Trinajstić information content (AvgIpc) is 2.93. The average molecular weight is 251 g/mol. The molecule has 2 rings (SSSR count). The highest BCUT2D eigenvalue weighted by Crippen LogP contribution is 2.16. The maximum absolute atomic E-state index is 11.0. The molecule has 0 saturated carbocycles. The largest absolute Gasteiger partial charge is 0.469 e. The second kappa shape index (κ2) is 6.25. The highest BCUT2D eigenvalue weighted by Gasteiger charge is 2.16. The van der Waals surface area contributed by atoms with Crippen LogP contribution in [0.2, 0.25) is 0 Å². The van der Waals surface area contributed by atoms with Crippen LogP contribution >= 0.6 is 0 Å². The molecular formula is C11H17N5O2. The first kappa shape index (κ1) is 12.7. The van der Waals surface area contributed by atoms with Gasteiger partial charge in [-0.3, -0.25) is 9.69 Å². The normalized spacial score (nSPS) is 16.4. The zero-order valence-electron chi connectivity index (χ0n) is 10.4. The number of nitrogens with one attached hydrogen (secondary N) is 1. The number of esters is 1. The third-order valence-corrected chi connectivity index (χ3v) is 2.95. The number of tetrazole rings is 1. The molecule has 18 heavy (non-hydrogen) atoms. The maximum Gasteiger partial charge on any atom is 0.305 e. The Morgan fingerprint density at radius 2 is 2.50 bits per heavy atom. The van der Waals surface area contributed by atoms with Crippen molar-refractivity contribution in [2.45, 2.75) is 19.3 Å². The van der Waals surface area contributed by atoms with Crippen molar-refractivity contribution in [3.05, 3.63) is 11.9 Å². The molecule has 1 N–H and O–H groups in total. The van der Waals surface area contributed by atoms with Gasteiger partial charge in [0, 0.05) is 25.1 Å². The van der Waals surface area contributed by atoms with E-state index in [-0.39, 0.29) is 5.97 Å². The topological polar surface area (TPSA) is 84.0 Å². The SMILES string of the molecule is COC(=O)CCCN1CCC=C(c2nn[nH]n2)C1. The highest BCUT2D eigenvalue weighted by atomic mass is 16.5. The van der Waals surface area contributed by atoms with E-state index in [1.165, 1.54) is 7.11 Å². The van der Waals surface area contributed by atoms with Crippen LogP contribution in [0.5, 0.6) is 0 Å².